The Morgan fingerprint density at radius 3 is 2.27 bits per heavy atom. The minimum absolute atomic E-state index is 0.0635. The molecule has 0 radical (unpaired) electrons. The van der Waals surface area contributed by atoms with Crippen molar-refractivity contribution in [3.8, 4) is 11.5 Å². The van der Waals surface area contributed by atoms with Crippen LogP contribution in [-0.2, 0) is 22.5 Å². The van der Waals surface area contributed by atoms with Crippen LogP contribution in [-0.4, -0.2) is 45.3 Å². The molecule has 0 aliphatic carbocycles. The normalized spacial score (nSPS) is 15.3. The lowest BCUT2D eigenvalue weighted by atomic mass is 9.99. The molecule has 1 aliphatic heterocycles. The third kappa shape index (κ3) is 5.30. The number of carbonyl (C=O) groups excluding carboxylic acids is 2. The van der Waals surface area contributed by atoms with Crippen molar-refractivity contribution in [1.29, 1.82) is 0 Å². The number of benzene rings is 2. The highest BCUT2D eigenvalue weighted by Gasteiger charge is 2.24. The van der Waals surface area contributed by atoms with Crippen molar-refractivity contribution in [3.05, 3.63) is 53.1 Å². The second kappa shape index (κ2) is 9.63. The number of rotatable bonds is 7. The van der Waals surface area contributed by atoms with Gasteiger partial charge in [0.05, 0.1) is 32.4 Å². The number of nitrogens with one attached hydrogen (secondary N) is 2. The first-order valence-corrected chi connectivity index (χ1v) is 10.1. The van der Waals surface area contributed by atoms with E-state index in [2.05, 4.69) is 5.32 Å². The molecule has 0 aromatic heterocycles. The van der Waals surface area contributed by atoms with Gasteiger partial charge in [-0.3, -0.25) is 4.79 Å². The molecule has 1 unspecified atom stereocenters. The summed E-state index contributed by atoms with van der Waals surface area (Å²) in [7, 11) is 3.26. The quantitative estimate of drug-likeness (QED) is 0.678. The van der Waals surface area contributed by atoms with E-state index in [1.165, 1.54) is 16.0 Å². The molecule has 0 fully saturated rings. The Labute approximate surface area is 176 Å². The van der Waals surface area contributed by atoms with Gasteiger partial charge in [-0.05, 0) is 55.8 Å². The molecule has 30 heavy (non-hydrogen) atoms. The van der Waals surface area contributed by atoms with Crippen molar-refractivity contribution in [2.24, 2.45) is 0 Å². The fraction of sp³-hybridized carbons (Fsp3) is 0.391. The van der Waals surface area contributed by atoms with Crippen LogP contribution in [0.2, 0.25) is 0 Å². The van der Waals surface area contributed by atoms with Gasteiger partial charge in [0.15, 0.2) is 18.0 Å². The highest BCUT2D eigenvalue weighted by Crippen LogP contribution is 2.31. The summed E-state index contributed by atoms with van der Waals surface area (Å²) in [5.74, 6) is 1.01. The van der Waals surface area contributed by atoms with E-state index in [4.69, 9.17) is 14.2 Å². The first-order valence-electron chi connectivity index (χ1n) is 10.1. The van der Waals surface area contributed by atoms with E-state index in [1.54, 1.807) is 52.3 Å². The molecule has 3 rings (SSSR count). The van der Waals surface area contributed by atoms with Crippen LogP contribution in [0.1, 0.15) is 35.3 Å². The van der Waals surface area contributed by atoms with Crippen LogP contribution in [0.15, 0.2) is 36.4 Å². The number of hydrogen-bond donors (Lipinski definition) is 2. The highest BCUT2D eigenvalue weighted by atomic mass is 16.5. The molecule has 0 saturated heterocycles. The minimum Gasteiger partial charge on any atom is -0.493 e. The van der Waals surface area contributed by atoms with Crippen LogP contribution in [0, 0.1) is 0 Å². The van der Waals surface area contributed by atoms with Crippen LogP contribution < -0.4 is 19.7 Å². The lowest BCUT2D eigenvalue weighted by Crippen LogP contribution is -3.12. The molecule has 1 atom stereocenters. The summed E-state index contributed by atoms with van der Waals surface area (Å²) in [6.07, 6.45) is 0.709. The number of carbonyl (C=O) groups is 2. The van der Waals surface area contributed by atoms with Gasteiger partial charge in [-0.2, -0.15) is 0 Å². The SMILES string of the molecule is COc1cc2c(cc1OC)C[NH+](CC(=O)Nc1ccc(C(=O)OC(C)C)cc1)CC2. The predicted molar refractivity (Wildman–Crippen MR) is 113 cm³/mol. The molecule has 1 aliphatic rings. The lowest BCUT2D eigenvalue weighted by Gasteiger charge is -2.26. The van der Waals surface area contributed by atoms with Crippen LogP contribution in [0.3, 0.4) is 0 Å². The molecule has 2 aromatic rings. The smallest absolute Gasteiger partial charge is 0.338 e. The van der Waals surface area contributed by atoms with Crippen LogP contribution >= 0.6 is 0 Å². The third-order valence-corrected chi connectivity index (χ3v) is 5.05. The largest absolute Gasteiger partial charge is 0.493 e. The van der Waals surface area contributed by atoms with E-state index in [9.17, 15) is 9.59 Å². The Morgan fingerprint density at radius 1 is 1.03 bits per heavy atom. The molecule has 1 amide bonds. The molecular formula is C23H29N2O5+. The van der Waals surface area contributed by atoms with Gasteiger partial charge in [-0.15, -0.1) is 0 Å². The molecule has 2 N–H and O–H groups in total. The zero-order valence-corrected chi connectivity index (χ0v) is 17.9. The van der Waals surface area contributed by atoms with Gasteiger partial charge in [-0.1, -0.05) is 0 Å². The highest BCUT2D eigenvalue weighted by molar-refractivity contribution is 5.93. The topological polar surface area (TPSA) is 78.3 Å². The number of methoxy groups -OCH3 is 2. The average Bonchev–Trinajstić information content (AvgIpc) is 2.72. The minimum atomic E-state index is -0.369. The summed E-state index contributed by atoms with van der Waals surface area (Å²) in [6, 6.07) is 10.8. The summed E-state index contributed by atoms with van der Waals surface area (Å²) < 4.78 is 15.9. The molecule has 7 heteroatoms. The molecule has 160 valence electrons. The van der Waals surface area contributed by atoms with Crippen molar-refractivity contribution in [2.45, 2.75) is 32.9 Å². The molecular weight excluding hydrogens is 384 g/mol. The number of fused-ring (bicyclic) bond motifs is 1. The fourth-order valence-electron chi connectivity index (χ4n) is 3.58. The number of esters is 1. The number of ether oxygens (including phenoxy) is 3. The van der Waals surface area contributed by atoms with E-state index in [0.717, 1.165) is 25.3 Å². The lowest BCUT2D eigenvalue weighted by molar-refractivity contribution is -0.907. The van der Waals surface area contributed by atoms with Gasteiger partial charge in [0.25, 0.3) is 5.91 Å². The van der Waals surface area contributed by atoms with Crippen LogP contribution in [0.4, 0.5) is 5.69 Å². The Morgan fingerprint density at radius 2 is 1.67 bits per heavy atom. The van der Waals surface area contributed by atoms with Crippen LogP contribution in [0.5, 0.6) is 11.5 Å². The zero-order chi connectivity index (χ0) is 21.7. The summed E-state index contributed by atoms with van der Waals surface area (Å²) in [5, 5.41) is 2.90. The van der Waals surface area contributed by atoms with Gasteiger partial charge >= 0.3 is 5.97 Å². The monoisotopic (exact) mass is 413 g/mol. The van der Waals surface area contributed by atoms with Gasteiger partial charge < -0.3 is 24.4 Å². The van der Waals surface area contributed by atoms with Crippen molar-refractivity contribution < 1.29 is 28.7 Å². The maximum atomic E-state index is 12.5. The summed E-state index contributed by atoms with van der Waals surface area (Å²) in [5.41, 5.74) is 3.53. The van der Waals surface area contributed by atoms with Crippen molar-refractivity contribution in [1.82, 2.24) is 0 Å². The number of amides is 1. The van der Waals surface area contributed by atoms with Gasteiger partial charge in [-0.25, -0.2) is 4.79 Å². The Bertz CT molecular complexity index is 909. The maximum Gasteiger partial charge on any atom is 0.338 e. The molecule has 0 bridgehead atoms. The first kappa shape index (κ1) is 21.6. The zero-order valence-electron chi connectivity index (χ0n) is 17.9. The average molecular weight is 413 g/mol. The molecule has 7 nitrogen and oxygen atoms in total. The van der Waals surface area contributed by atoms with Crippen molar-refractivity contribution in [2.75, 3.05) is 32.6 Å². The van der Waals surface area contributed by atoms with E-state index in [1.807, 2.05) is 12.1 Å². The molecule has 0 saturated carbocycles. The number of anilines is 1. The first-order chi connectivity index (χ1) is 14.4. The maximum absolute atomic E-state index is 12.5. The summed E-state index contributed by atoms with van der Waals surface area (Å²) in [6.45, 7) is 5.60. The second-order valence-electron chi connectivity index (χ2n) is 7.66. The van der Waals surface area contributed by atoms with E-state index >= 15 is 0 Å². The van der Waals surface area contributed by atoms with Gasteiger partial charge in [0.1, 0.15) is 6.54 Å². The van der Waals surface area contributed by atoms with E-state index in [0.29, 0.717) is 23.5 Å². The van der Waals surface area contributed by atoms with Crippen LogP contribution in [0.25, 0.3) is 0 Å². The van der Waals surface area contributed by atoms with E-state index in [-0.39, 0.29) is 18.0 Å². The standard InChI is InChI=1S/C23H28N2O5/c1-15(2)30-23(27)16-5-7-19(8-6-16)24-22(26)14-25-10-9-17-11-20(28-3)21(29-4)12-18(17)13-25/h5-8,11-12,15H,9-10,13-14H2,1-4H3,(H,24,26)/p+1. The van der Waals surface area contributed by atoms with Crippen molar-refractivity contribution >= 4 is 17.6 Å². The van der Waals surface area contributed by atoms with Crippen molar-refractivity contribution in [3.63, 3.8) is 0 Å². The second-order valence-corrected chi connectivity index (χ2v) is 7.66. The molecule has 0 spiro atoms. The Kier molecular flexibility index (Phi) is 6.95. The molecule has 2 aromatic carbocycles. The summed E-state index contributed by atoms with van der Waals surface area (Å²) >= 11 is 0. The van der Waals surface area contributed by atoms with Gasteiger partial charge in [0, 0.05) is 17.7 Å². The number of hydrogen-bond acceptors (Lipinski definition) is 5. The summed E-state index contributed by atoms with van der Waals surface area (Å²) in [4.78, 5) is 25.6. The Balaban J connectivity index is 1.57. The number of quaternary nitrogens is 1. The Hall–Kier alpha value is -3.06. The third-order valence-electron chi connectivity index (χ3n) is 5.05. The van der Waals surface area contributed by atoms with E-state index < -0.39 is 0 Å². The predicted octanol–water partition coefficient (Wildman–Crippen LogP) is 1.85. The van der Waals surface area contributed by atoms with Gasteiger partial charge in [0.2, 0.25) is 0 Å². The molecule has 1 heterocycles. The fourth-order valence-corrected chi connectivity index (χ4v) is 3.58.